The fraction of sp³-hybridized carbons (Fsp3) is 0.111. The zero-order chi connectivity index (χ0) is 17.4. The van der Waals surface area contributed by atoms with Gasteiger partial charge >= 0.3 is 0 Å². The van der Waals surface area contributed by atoms with Crippen LogP contribution in [0.1, 0.15) is 27.0 Å². The molecule has 0 radical (unpaired) electrons. The number of carbonyl (C=O) groups excluding carboxylic acids is 2. The van der Waals surface area contributed by atoms with Crippen molar-refractivity contribution in [3.63, 3.8) is 0 Å². The van der Waals surface area contributed by atoms with Gasteiger partial charge in [0.05, 0.1) is 12.3 Å². The van der Waals surface area contributed by atoms with Crippen LogP contribution in [0.5, 0.6) is 0 Å². The maximum atomic E-state index is 13.9. The average molecular weight is 356 g/mol. The van der Waals surface area contributed by atoms with Crippen molar-refractivity contribution in [3.8, 4) is 0 Å². The molecule has 1 N–H and O–H groups in total. The minimum Gasteiger partial charge on any atom is -0.459 e. The largest absolute Gasteiger partial charge is 0.459 e. The van der Waals surface area contributed by atoms with E-state index >= 15 is 0 Å². The van der Waals surface area contributed by atoms with E-state index in [1.54, 1.807) is 12.1 Å². The van der Waals surface area contributed by atoms with Gasteiger partial charge in [-0.1, -0.05) is 6.07 Å². The summed E-state index contributed by atoms with van der Waals surface area (Å²) in [4.78, 5) is 27.5. The summed E-state index contributed by atoms with van der Waals surface area (Å²) in [5, 5.41) is 4.63. The molecule has 0 saturated heterocycles. The summed E-state index contributed by atoms with van der Waals surface area (Å²) in [6.07, 6.45) is 1.40. The molecular formula is C18H13FN2O3S. The van der Waals surface area contributed by atoms with Gasteiger partial charge in [-0.15, -0.1) is 11.3 Å². The first-order valence-corrected chi connectivity index (χ1v) is 8.48. The van der Waals surface area contributed by atoms with Crippen molar-refractivity contribution in [1.82, 2.24) is 4.90 Å². The van der Waals surface area contributed by atoms with Gasteiger partial charge in [0, 0.05) is 16.1 Å². The number of thiophene rings is 1. The molecule has 2 amide bonds. The zero-order valence-corrected chi connectivity index (χ0v) is 13.8. The monoisotopic (exact) mass is 356 g/mol. The van der Waals surface area contributed by atoms with Crippen molar-refractivity contribution < 1.29 is 18.4 Å². The fourth-order valence-corrected chi connectivity index (χ4v) is 3.82. The lowest BCUT2D eigenvalue weighted by atomic mass is 10.0. The first-order valence-electron chi connectivity index (χ1n) is 7.60. The van der Waals surface area contributed by atoms with Gasteiger partial charge in [0.1, 0.15) is 12.4 Å². The van der Waals surface area contributed by atoms with Gasteiger partial charge in [0.2, 0.25) is 5.91 Å². The van der Waals surface area contributed by atoms with Crippen LogP contribution in [0.4, 0.5) is 10.1 Å². The van der Waals surface area contributed by atoms with E-state index in [9.17, 15) is 14.0 Å². The van der Waals surface area contributed by atoms with E-state index in [-0.39, 0.29) is 18.2 Å². The predicted molar refractivity (Wildman–Crippen MR) is 90.9 cm³/mol. The number of nitrogens with one attached hydrogen (secondary N) is 1. The minimum atomic E-state index is -0.581. The highest BCUT2D eigenvalue weighted by atomic mass is 32.1. The molecule has 2 aromatic heterocycles. The van der Waals surface area contributed by atoms with Crippen molar-refractivity contribution in [2.75, 3.05) is 11.9 Å². The third-order valence-electron chi connectivity index (χ3n) is 4.01. The van der Waals surface area contributed by atoms with E-state index in [1.807, 2.05) is 17.5 Å². The second-order valence-corrected chi connectivity index (χ2v) is 6.59. The summed E-state index contributed by atoms with van der Waals surface area (Å²) in [7, 11) is 0. The van der Waals surface area contributed by atoms with Crippen molar-refractivity contribution in [2.24, 2.45) is 0 Å². The van der Waals surface area contributed by atoms with E-state index in [2.05, 4.69) is 5.32 Å². The smallest absolute Gasteiger partial charge is 0.290 e. The van der Waals surface area contributed by atoms with E-state index in [0.717, 1.165) is 4.88 Å². The molecule has 1 aromatic carbocycles. The number of fused-ring (bicyclic) bond motifs is 1. The molecule has 3 heterocycles. The van der Waals surface area contributed by atoms with Gasteiger partial charge in [-0.25, -0.2) is 4.39 Å². The Morgan fingerprint density at radius 2 is 2.16 bits per heavy atom. The molecular weight excluding hydrogens is 343 g/mol. The summed E-state index contributed by atoms with van der Waals surface area (Å²) in [5.74, 6) is -1.06. The Balaban J connectivity index is 1.89. The first-order chi connectivity index (χ1) is 12.1. The number of amides is 2. The Morgan fingerprint density at radius 1 is 1.28 bits per heavy atom. The van der Waals surface area contributed by atoms with Gasteiger partial charge in [-0.05, 0) is 41.8 Å². The molecule has 5 nitrogen and oxygen atoms in total. The molecule has 3 aromatic rings. The van der Waals surface area contributed by atoms with E-state index in [0.29, 0.717) is 11.3 Å². The summed E-state index contributed by atoms with van der Waals surface area (Å²) < 4.78 is 19.1. The number of rotatable bonds is 2. The van der Waals surface area contributed by atoms with Gasteiger partial charge in [0.15, 0.2) is 5.76 Å². The van der Waals surface area contributed by atoms with Crippen LogP contribution in [-0.2, 0) is 4.79 Å². The molecule has 1 unspecified atom stereocenters. The second kappa shape index (κ2) is 6.18. The highest BCUT2D eigenvalue weighted by Crippen LogP contribution is 2.38. The van der Waals surface area contributed by atoms with Gasteiger partial charge in [-0.3, -0.25) is 9.59 Å². The van der Waals surface area contributed by atoms with Crippen LogP contribution in [0.25, 0.3) is 0 Å². The Bertz CT molecular complexity index is 922. The summed E-state index contributed by atoms with van der Waals surface area (Å²) >= 11 is 1.44. The van der Waals surface area contributed by atoms with Crippen molar-refractivity contribution in [3.05, 3.63) is 76.1 Å². The van der Waals surface area contributed by atoms with Crippen LogP contribution in [0, 0.1) is 5.82 Å². The number of furan rings is 1. The Morgan fingerprint density at radius 3 is 2.88 bits per heavy atom. The van der Waals surface area contributed by atoms with Gasteiger partial charge < -0.3 is 14.6 Å². The van der Waals surface area contributed by atoms with Crippen LogP contribution < -0.4 is 5.32 Å². The molecule has 0 bridgehead atoms. The third kappa shape index (κ3) is 2.83. The van der Waals surface area contributed by atoms with Crippen LogP contribution >= 0.6 is 11.3 Å². The van der Waals surface area contributed by atoms with Gasteiger partial charge in [0.25, 0.3) is 5.91 Å². The predicted octanol–water partition coefficient (Wildman–Crippen LogP) is 3.66. The standard InChI is InChI=1S/C18H13FN2O3S/c19-11-5-6-13-12(9-11)17(15-4-2-8-25-15)21(10-16(22)20-13)18(23)14-3-1-7-24-14/h1-9,17H,10H2,(H,20,22). The third-order valence-corrected chi connectivity index (χ3v) is 4.94. The number of hydrogen-bond donors (Lipinski definition) is 1. The fourth-order valence-electron chi connectivity index (χ4n) is 2.96. The number of halogens is 1. The molecule has 126 valence electrons. The van der Waals surface area contributed by atoms with Crippen molar-refractivity contribution >= 4 is 28.8 Å². The molecule has 1 aliphatic rings. The Labute approximate surface area is 146 Å². The maximum absolute atomic E-state index is 13.9. The normalized spacial score (nSPS) is 16.9. The summed E-state index contributed by atoms with van der Waals surface area (Å²) in [6, 6.07) is 10.5. The quantitative estimate of drug-likeness (QED) is 0.762. The van der Waals surface area contributed by atoms with Crippen molar-refractivity contribution in [2.45, 2.75) is 6.04 Å². The maximum Gasteiger partial charge on any atom is 0.290 e. The molecule has 0 aliphatic carbocycles. The van der Waals surface area contributed by atoms with Gasteiger partial charge in [-0.2, -0.15) is 0 Å². The molecule has 7 heteroatoms. The summed E-state index contributed by atoms with van der Waals surface area (Å²) in [5.41, 5.74) is 1.03. The average Bonchev–Trinajstić information content (AvgIpc) is 3.27. The minimum absolute atomic E-state index is 0.134. The molecule has 0 saturated carbocycles. The summed E-state index contributed by atoms with van der Waals surface area (Å²) in [6.45, 7) is -0.154. The molecule has 0 spiro atoms. The van der Waals surface area contributed by atoms with E-state index in [1.165, 1.54) is 40.7 Å². The number of benzene rings is 1. The lowest BCUT2D eigenvalue weighted by Gasteiger charge is -2.28. The first kappa shape index (κ1) is 15.6. The SMILES string of the molecule is O=C1CN(C(=O)c2ccco2)C(c2cccs2)c2cc(F)ccc2N1. The van der Waals surface area contributed by atoms with Crippen LogP contribution in [0.15, 0.2) is 58.5 Å². The number of anilines is 1. The number of carbonyl (C=O) groups is 2. The highest BCUT2D eigenvalue weighted by Gasteiger charge is 2.35. The lowest BCUT2D eigenvalue weighted by Crippen LogP contribution is -2.38. The zero-order valence-electron chi connectivity index (χ0n) is 12.9. The lowest BCUT2D eigenvalue weighted by molar-refractivity contribution is -0.117. The molecule has 1 atom stereocenters. The second-order valence-electron chi connectivity index (χ2n) is 5.61. The molecule has 25 heavy (non-hydrogen) atoms. The number of hydrogen-bond acceptors (Lipinski definition) is 4. The Hall–Kier alpha value is -2.93. The van der Waals surface area contributed by atoms with Crippen molar-refractivity contribution in [1.29, 1.82) is 0 Å². The van der Waals surface area contributed by atoms with Crippen LogP contribution in [0.2, 0.25) is 0 Å². The highest BCUT2D eigenvalue weighted by molar-refractivity contribution is 7.10. The number of nitrogens with zero attached hydrogens (tertiary/aromatic N) is 1. The molecule has 0 fully saturated rings. The van der Waals surface area contributed by atoms with E-state index < -0.39 is 17.8 Å². The molecule has 1 aliphatic heterocycles. The Kier molecular flexibility index (Phi) is 3.85. The topological polar surface area (TPSA) is 62.6 Å². The van der Waals surface area contributed by atoms with E-state index in [4.69, 9.17) is 4.42 Å². The van der Waals surface area contributed by atoms with Crippen LogP contribution in [0.3, 0.4) is 0 Å². The molecule has 4 rings (SSSR count). The van der Waals surface area contributed by atoms with Crippen LogP contribution in [-0.4, -0.2) is 23.3 Å².